The summed E-state index contributed by atoms with van der Waals surface area (Å²) >= 11 is 11.7. The molecule has 1 amide bonds. The quantitative estimate of drug-likeness (QED) is 0.297. The molecule has 158 valence electrons. The number of hydrogen-bond donors (Lipinski definition) is 4. The Balaban J connectivity index is 1.64. The summed E-state index contributed by atoms with van der Waals surface area (Å²) in [5.41, 5.74) is 1.84. The minimum absolute atomic E-state index is 0.0150. The molecule has 0 aliphatic carbocycles. The normalized spacial score (nSPS) is 23.6. The van der Waals surface area contributed by atoms with E-state index in [-0.39, 0.29) is 11.2 Å². The van der Waals surface area contributed by atoms with Gasteiger partial charge < -0.3 is 0 Å². The summed E-state index contributed by atoms with van der Waals surface area (Å²) in [4.78, 5) is 23.7. The van der Waals surface area contributed by atoms with Crippen LogP contribution in [0.5, 0.6) is 0 Å². The molecule has 0 bridgehead atoms. The number of halogens is 2. The summed E-state index contributed by atoms with van der Waals surface area (Å²) in [5, 5.41) is 27.3. The molecule has 1 aliphatic heterocycles. The summed E-state index contributed by atoms with van der Waals surface area (Å²) in [7, 11) is 1.50. The number of benzene rings is 1. The number of amides is 1. The van der Waals surface area contributed by atoms with Crippen LogP contribution in [0, 0.1) is 0 Å². The number of aromatic nitrogens is 4. The van der Waals surface area contributed by atoms with Gasteiger partial charge in [-0.25, -0.2) is 0 Å². The Morgan fingerprint density at radius 1 is 1.27 bits per heavy atom. The third kappa shape index (κ3) is 3.99. The monoisotopic (exact) mass is 516 g/mol. The van der Waals surface area contributed by atoms with Crippen LogP contribution in [-0.4, -0.2) is 69.9 Å². The molecule has 2 aromatic heterocycles. The number of rotatable bonds is 5. The van der Waals surface area contributed by atoms with Crippen molar-refractivity contribution in [2.45, 2.75) is 28.5 Å². The van der Waals surface area contributed by atoms with Gasteiger partial charge in [0.15, 0.2) is 0 Å². The Kier molecular flexibility index (Phi) is 6.15. The third-order valence-electron chi connectivity index (χ3n) is 4.76. The van der Waals surface area contributed by atoms with Gasteiger partial charge in [-0.1, -0.05) is 0 Å². The summed E-state index contributed by atoms with van der Waals surface area (Å²) < 4.78 is 1.66. The van der Waals surface area contributed by atoms with Gasteiger partial charge in [0, 0.05) is 0 Å². The second kappa shape index (κ2) is 8.66. The summed E-state index contributed by atoms with van der Waals surface area (Å²) in [6.45, 7) is 0.448. The topological polar surface area (TPSA) is 125 Å². The molecule has 4 N–H and O–H groups in total. The zero-order valence-electron chi connectivity index (χ0n) is 15.7. The first-order valence-electron chi connectivity index (χ1n) is 9.00. The second-order valence-corrected chi connectivity index (χ2v) is 10.1. The van der Waals surface area contributed by atoms with Gasteiger partial charge in [-0.15, -0.1) is 0 Å². The zero-order valence-corrected chi connectivity index (χ0v) is 18.9. The van der Waals surface area contributed by atoms with Gasteiger partial charge in [0.25, 0.3) is 0 Å². The van der Waals surface area contributed by atoms with Crippen molar-refractivity contribution in [2.24, 2.45) is 0 Å². The van der Waals surface area contributed by atoms with Gasteiger partial charge in [-0.3, -0.25) is 0 Å². The molecule has 1 saturated heterocycles. The fraction of sp³-hybridized carbons (Fsp3) is 0.333. The van der Waals surface area contributed by atoms with Crippen LogP contribution in [0.25, 0.3) is 11.2 Å². The van der Waals surface area contributed by atoms with E-state index < -0.39 is 36.9 Å². The van der Waals surface area contributed by atoms with Crippen LogP contribution >= 0.6 is 23.2 Å². The van der Waals surface area contributed by atoms with Crippen molar-refractivity contribution in [3.05, 3.63) is 46.5 Å². The molecule has 1 aromatic carbocycles. The number of anilines is 1. The van der Waals surface area contributed by atoms with Crippen molar-refractivity contribution < 1.29 is 15.0 Å². The van der Waals surface area contributed by atoms with E-state index in [0.29, 0.717) is 28.5 Å². The van der Waals surface area contributed by atoms with Crippen LogP contribution in [0.15, 0.2) is 30.6 Å². The van der Waals surface area contributed by atoms with Gasteiger partial charge in [0.05, 0.1) is 0 Å². The van der Waals surface area contributed by atoms with Crippen LogP contribution in [0.3, 0.4) is 0 Å². The number of aliphatic hydroxyl groups is 2. The molecule has 0 saturated carbocycles. The van der Waals surface area contributed by atoms with Crippen LogP contribution < -0.4 is 10.6 Å². The van der Waals surface area contributed by atoms with Crippen molar-refractivity contribution in [3.8, 4) is 0 Å². The molecule has 3 heterocycles. The number of fused-ring (bicyclic) bond motifs is 1. The molecular weight excluding hydrogens is 498 g/mol. The van der Waals surface area contributed by atoms with Crippen LogP contribution in [0.1, 0.15) is 10.5 Å². The van der Waals surface area contributed by atoms with E-state index in [4.69, 9.17) is 23.2 Å². The van der Waals surface area contributed by atoms with Crippen molar-refractivity contribution in [3.63, 3.8) is 0 Å². The predicted octanol–water partition coefficient (Wildman–Crippen LogP) is 1.22. The number of carbonyl (C=O) groups is 1. The molecule has 4 rings (SSSR count). The van der Waals surface area contributed by atoms with E-state index in [9.17, 15) is 15.0 Å². The van der Waals surface area contributed by atoms with Crippen LogP contribution in [-0.2, 0) is 11.3 Å². The Bertz CT molecular complexity index is 1100. The Labute approximate surface area is 188 Å². The minimum atomic E-state index is -1.16. The molecule has 4 atom stereocenters. The number of imidazole rings is 1. The third-order valence-corrected chi connectivity index (χ3v) is 8.46. The van der Waals surface area contributed by atoms with E-state index in [2.05, 4.69) is 25.6 Å². The van der Waals surface area contributed by atoms with E-state index in [1.54, 1.807) is 10.6 Å². The first kappa shape index (κ1) is 21.3. The maximum atomic E-state index is 12.0. The van der Waals surface area contributed by atoms with Crippen LogP contribution in [0.4, 0.5) is 5.82 Å². The molecule has 1 aliphatic rings. The van der Waals surface area contributed by atoms with E-state index >= 15 is 0 Å². The van der Waals surface area contributed by atoms with Gasteiger partial charge >= 0.3 is 188 Å². The average Bonchev–Trinajstić information content (AvgIpc) is 3.27. The molecule has 0 spiro atoms. The van der Waals surface area contributed by atoms with Gasteiger partial charge in [0.2, 0.25) is 0 Å². The Hall–Kier alpha value is -1.94. The predicted molar refractivity (Wildman–Crippen MR) is 114 cm³/mol. The van der Waals surface area contributed by atoms with E-state index in [0.717, 1.165) is 5.56 Å². The second-order valence-electron chi connectivity index (χ2n) is 6.69. The standard InChI is InChI=1S/C18H18Cl2N6O3Se/c1-21-16(29)13-11(27)12(28)17(30-13)26-7-23-10-14(24-18(20)25-15(10)26)22-6-8-3-2-4-9(19)5-8/h2-5,7,11-13,17,27-28H,6H2,1H3,(H,21,29)(H,22,24,25)/t11-,12+,13-,17+/m0/s1. The number of hydrogen-bond acceptors (Lipinski definition) is 7. The molecule has 0 radical (unpaired) electrons. The van der Waals surface area contributed by atoms with Crippen molar-refractivity contribution >= 4 is 61.0 Å². The summed E-state index contributed by atoms with van der Waals surface area (Å²) in [6, 6.07) is 7.41. The fourth-order valence-electron chi connectivity index (χ4n) is 3.28. The average molecular weight is 516 g/mol. The van der Waals surface area contributed by atoms with Gasteiger partial charge in [0.1, 0.15) is 0 Å². The molecule has 1 fully saturated rings. The molecule has 0 unspecified atom stereocenters. The van der Waals surface area contributed by atoms with E-state index in [1.807, 2.05) is 18.2 Å². The Morgan fingerprint density at radius 2 is 2.07 bits per heavy atom. The first-order chi connectivity index (χ1) is 14.4. The first-order valence-corrected chi connectivity index (χ1v) is 11.7. The molecule has 30 heavy (non-hydrogen) atoms. The number of nitrogens with one attached hydrogen (secondary N) is 2. The SMILES string of the molecule is CNC(=O)[C@H]1[Se][C@@H](n2cnc3c(NCc4cccc(Cl)c4)nc(Cl)nc32)[C@H](O)[C@@H]1O. The van der Waals surface area contributed by atoms with Crippen molar-refractivity contribution in [2.75, 3.05) is 12.4 Å². The molecule has 12 heteroatoms. The Morgan fingerprint density at radius 3 is 2.80 bits per heavy atom. The maximum absolute atomic E-state index is 12.0. The molecule has 9 nitrogen and oxygen atoms in total. The van der Waals surface area contributed by atoms with Gasteiger partial charge in [-0.05, 0) is 0 Å². The number of aliphatic hydroxyl groups excluding tert-OH is 2. The van der Waals surface area contributed by atoms with Gasteiger partial charge in [-0.2, -0.15) is 0 Å². The van der Waals surface area contributed by atoms with Crippen molar-refractivity contribution in [1.82, 2.24) is 24.8 Å². The van der Waals surface area contributed by atoms with Crippen LogP contribution in [0.2, 0.25) is 15.1 Å². The number of nitrogens with zero attached hydrogens (tertiary/aromatic N) is 4. The summed E-state index contributed by atoms with van der Waals surface area (Å²) in [6.07, 6.45) is -0.763. The fourth-order valence-corrected chi connectivity index (χ4v) is 6.74. The zero-order chi connectivity index (χ0) is 21.4. The van der Waals surface area contributed by atoms with Crippen molar-refractivity contribution in [1.29, 1.82) is 0 Å². The van der Waals surface area contributed by atoms with E-state index in [1.165, 1.54) is 13.4 Å². The summed E-state index contributed by atoms with van der Waals surface area (Å²) in [5.74, 6) is 0.136. The molecular formula is C18H18Cl2N6O3Se. The number of carbonyl (C=O) groups excluding carboxylic acids is 1. The molecule has 3 aromatic rings.